The molecule has 0 aliphatic heterocycles. The molecule has 102 valence electrons. The zero-order chi connectivity index (χ0) is 13.8. The van der Waals surface area contributed by atoms with Crippen LogP contribution in [0.1, 0.15) is 13.3 Å². The summed E-state index contributed by atoms with van der Waals surface area (Å²) in [6.07, 6.45) is 0.659. The molecule has 1 aromatic rings. The van der Waals surface area contributed by atoms with Crippen molar-refractivity contribution in [2.24, 2.45) is 0 Å². The van der Waals surface area contributed by atoms with Crippen LogP contribution in [0.4, 0.5) is 14.5 Å². The van der Waals surface area contributed by atoms with Gasteiger partial charge in [0.1, 0.15) is 0 Å². The maximum absolute atomic E-state index is 12.5. The van der Waals surface area contributed by atoms with E-state index in [-0.39, 0.29) is 17.6 Å². The molecule has 0 saturated heterocycles. The van der Waals surface area contributed by atoms with Crippen molar-refractivity contribution in [1.82, 2.24) is 0 Å². The predicted octanol–water partition coefficient (Wildman–Crippen LogP) is 3.11. The molecule has 1 aromatic carbocycles. The van der Waals surface area contributed by atoms with Crippen molar-refractivity contribution in [2.45, 2.75) is 30.0 Å². The Bertz CT molecular complexity index is 490. The summed E-state index contributed by atoms with van der Waals surface area (Å²) in [7, 11) is -4.61. The minimum atomic E-state index is -4.61. The molecule has 0 aliphatic rings. The summed E-state index contributed by atoms with van der Waals surface area (Å²) >= 11 is 5.69. The molecule has 1 N–H and O–H groups in total. The number of para-hydroxylation sites is 1. The van der Waals surface area contributed by atoms with Crippen molar-refractivity contribution in [3.63, 3.8) is 0 Å². The normalized spacial score (nSPS) is 13.6. The van der Waals surface area contributed by atoms with Crippen molar-refractivity contribution in [3.05, 3.63) is 24.3 Å². The summed E-state index contributed by atoms with van der Waals surface area (Å²) in [4.78, 5) is -0.399. The van der Waals surface area contributed by atoms with Gasteiger partial charge in [0.2, 0.25) is 9.84 Å². The number of alkyl halides is 3. The van der Waals surface area contributed by atoms with Gasteiger partial charge in [-0.25, -0.2) is 8.42 Å². The molecule has 0 spiro atoms. The number of rotatable bonds is 6. The molecule has 0 saturated carbocycles. The van der Waals surface area contributed by atoms with E-state index in [0.717, 1.165) is 6.07 Å². The highest BCUT2D eigenvalue weighted by atomic mass is 35.5. The fourth-order valence-corrected chi connectivity index (χ4v) is 2.59. The molecular formula is C11H14ClF2NO2S. The fourth-order valence-electron chi connectivity index (χ4n) is 1.40. The number of nitrogens with one attached hydrogen (secondary N) is 1. The summed E-state index contributed by atoms with van der Waals surface area (Å²) in [6, 6.07) is 5.42. The zero-order valence-corrected chi connectivity index (χ0v) is 11.3. The average Bonchev–Trinajstić information content (AvgIpc) is 2.36. The van der Waals surface area contributed by atoms with Crippen LogP contribution in [-0.4, -0.2) is 26.1 Å². The van der Waals surface area contributed by atoms with E-state index >= 15 is 0 Å². The van der Waals surface area contributed by atoms with Crippen LogP contribution in [0.2, 0.25) is 0 Å². The van der Waals surface area contributed by atoms with Gasteiger partial charge in [0.25, 0.3) is 0 Å². The number of anilines is 1. The van der Waals surface area contributed by atoms with Crippen molar-refractivity contribution in [2.75, 3.05) is 11.2 Å². The van der Waals surface area contributed by atoms with E-state index in [1.807, 2.05) is 6.92 Å². The summed E-state index contributed by atoms with van der Waals surface area (Å²) in [5.41, 5.74) is 0.158. The van der Waals surface area contributed by atoms with E-state index in [0.29, 0.717) is 6.42 Å². The number of hydrogen-bond donors (Lipinski definition) is 1. The standard InChI is InChI=1S/C11H14ClF2NO2S/c1-2-8(7-12)15-9-5-3-4-6-10(9)18(16,17)11(13)14/h3-6,8,11,15H,2,7H2,1H3. The van der Waals surface area contributed by atoms with Gasteiger partial charge in [-0.1, -0.05) is 19.1 Å². The Balaban J connectivity index is 3.15. The Kier molecular flexibility index (Phi) is 5.34. The van der Waals surface area contributed by atoms with Crippen molar-refractivity contribution >= 4 is 27.1 Å². The third kappa shape index (κ3) is 3.32. The molecule has 0 fully saturated rings. The molecule has 0 aliphatic carbocycles. The molecule has 0 amide bonds. The van der Waals surface area contributed by atoms with Crippen LogP contribution in [0.15, 0.2) is 29.2 Å². The molecule has 1 unspecified atom stereocenters. The molecule has 3 nitrogen and oxygen atoms in total. The van der Waals surface area contributed by atoms with Gasteiger partial charge in [0.15, 0.2) is 0 Å². The van der Waals surface area contributed by atoms with Gasteiger partial charge in [-0.3, -0.25) is 0 Å². The monoisotopic (exact) mass is 297 g/mol. The predicted molar refractivity (Wildman–Crippen MR) is 68.1 cm³/mol. The molecular weight excluding hydrogens is 284 g/mol. The smallest absolute Gasteiger partial charge is 0.341 e. The Morgan fingerprint density at radius 3 is 2.44 bits per heavy atom. The maximum atomic E-state index is 12.5. The van der Waals surface area contributed by atoms with E-state index in [4.69, 9.17) is 11.6 Å². The van der Waals surface area contributed by atoms with Gasteiger partial charge in [-0.05, 0) is 18.6 Å². The number of benzene rings is 1. The third-order valence-corrected chi connectivity index (χ3v) is 4.28. The zero-order valence-electron chi connectivity index (χ0n) is 9.74. The van der Waals surface area contributed by atoms with Crippen LogP contribution in [0.5, 0.6) is 0 Å². The maximum Gasteiger partial charge on any atom is 0.341 e. The highest BCUT2D eigenvalue weighted by Gasteiger charge is 2.29. The van der Waals surface area contributed by atoms with Gasteiger partial charge in [-0.15, -0.1) is 11.6 Å². The van der Waals surface area contributed by atoms with Gasteiger partial charge in [0.05, 0.1) is 10.6 Å². The minimum absolute atomic E-state index is 0.158. The summed E-state index contributed by atoms with van der Waals surface area (Å²) in [6.45, 7) is 1.87. The highest BCUT2D eigenvalue weighted by molar-refractivity contribution is 7.91. The Morgan fingerprint density at radius 1 is 1.33 bits per heavy atom. The second kappa shape index (κ2) is 6.33. The van der Waals surface area contributed by atoms with Crippen molar-refractivity contribution in [1.29, 1.82) is 0 Å². The Labute approximate surface area is 110 Å². The number of hydrogen-bond acceptors (Lipinski definition) is 3. The summed E-state index contributed by atoms with van der Waals surface area (Å²) < 4.78 is 48.1. The Morgan fingerprint density at radius 2 is 1.94 bits per heavy atom. The Hall–Kier alpha value is -0.880. The van der Waals surface area contributed by atoms with Crippen LogP contribution in [0.25, 0.3) is 0 Å². The molecule has 1 atom stereocenters. The van der Waals surface area contributed by atoms with Crippen molar-refractivity contribution < 1.29 is 17.2 Å². The van der Waals surface area contributed by atoms with Crippen LogP contribution >= 0.6 is 11.6 Å². The van der Waals surface area contributed by atoms with E-state index in [1.54, 1.807) is 6.07 Å². The lowest BCUT2D eigenvalue weighted by Crippen LogP contribution is -2.22. The summed E-state index contributed by atoms with van der Waals surface area (Å²) in [5, 5.41) is 2.86. The van der Waals surface area contributed by atoms with Gasteiger partial charge < -0.3 is 5.32 Å². The second-order valence-electron chi connectivity index (χ2n) is 3.71. The topological polar surface area (TPSA) is 46.2 Å². The van der Waals surface area contributed by atoms with E-state index < -0.39 is 20.5 Å². The quantitative estimate of drug-likeness (QED) is 0.821. The molecule has 0 heterocycles. The van der Waals surface area contributed by atoms with Crippen LogP contribution in [0.3, 0.4) is 0 Å². The summed E-state index contributed by atoms with van der Waals surface area (Å²) in [5.74, 6) is -3.17. The fraction of sp³-hybridized carbons (Fsp3) is 0.455. The second-order valence-corrected chi connectivity index (χ2v) is 5.90. The first-order valence-electron chi connectivity index (χ1n) is 5.37. The minimum Gasteiger partial charge on any atom is -0.380 e. The SMILES string of the molecule is CCC(CCl)Nc1ccccc1S(=O)(=O)C(F)F. The average molecular weight is 298 g/mol. The molecule has 1 rings (SSSR count). The highest BCUT2D eigenvalue weighted by Crippen LogP contribution is 2.26. The first kappa shape index (κ1) is 15.2. The molecule has 0 bridgehead atoms. The molecule has 7 heteroatoms. The first-order valence-corrected chi connectivity index (χ1v) is 7.45. The number of halogens is 3. The van der Waals surface area contributed by atoms with Crippen LogP contribution in [0, 0.1) is 0 Å². The van der Waals surface area contributed by atoms with Gasteiger partial charge >= 0.3 is 5.76 Å². The van der Waals surface area contributed by atoms with E-state index in [1.165, 1.54) is 12.1 Å². The number of sulfone groups is 1. The largest absolute Gasteiger partial charge is 0.380 e. The first-order chi connectivity index (χ1) is 8.43. The van der Waals surface area contributed by atoms with Crippen LogP contribution in [-0.2, 0) is 9.84 Å². The van der Waals surface area contributed by atoms with Crippen molar-refractivity contribution in [3.8, 4) is 0 Å². The molecule has 18 heavy (non-hydrogen) atoms. The lowest BCUT2D eigenvalue weighted by Gasteiger charge is -2.18. The van der Waals surface area contributed by atoms with Gasteiger partial charge in [0, 0.05) is 11.9 Å². The van der Waals surface area contributed by atoms with Crippen LogP contribution < -0.4 is 5.32 Å². The lowest BCUT2D eigenvalue weighted by molar-refractivity contribution is 0.235. The molecule has 0 aromatic heterocycles. The van der Waals surface area contributed by atoms with E-state index in [9.17, 15) is 17.2 Å². The third-order valence-electron chi connectivity index (χ3n) is 2.47. The molecule has 0 radical (unpaired) electrons. The van der Waals surface area contributed by atoms with Gasteiger partial charge in [-0.2, -0.15) is 8.78 Å². The lowest BCUT2D eigenvalue weighted by atomic mass is 10.2. The van der Waals surface area contributed by atoms with E-state index in [2.05, 4.69) is 5.32 Å².